The molecule has 0 amide bonds. The van der Waals surface area contributed by atoms with E-state index in [1.807, 2.05) is 38.1 Å². The van der Waals surface area contributed by atoms with Gasteiger partial charge in [-0.05, 0) is 37.8 Å². The van der Waals surface area contributed by atoms with Gasteiger partial charge in [-0.2, -0.15) is 5.26 Å². The predicted molar refractivity (Wildman–Crippen MR) is 73.8 cm³/mol. The molecule has 1 aromatic rings. The van der Waals surface area contributed by atoms with Gasteiger partial charge in [-0.1, -0.05) is 24.3 Å². The Kier molecular flexibility index (Phi) is 3.66. The third kappa shape index (κ3) is 2.39. The lowest BCUT2D eigenvalue weighted by Crippen LogP contribution is -2.41. The minimum absolute atomic E-state index is 0.430. The maximum atomic E-state index is 10.6. The molecule has 19 heavy (non-hydrogen) atoms. The van der Waals surface area contributed by atoms with E-state index in [1.165, 1.54) is 5.56 Å². The second-order valence-corrected chi connectivity index (χ2v) is 5.92. The first-order chi connectivity index (χ1) is 8.95. The zero-order chi connectivity index (χ0) is 14.1. The number of nitriles is 1. The fraction of sp³-hybridized carbons (Fsp3) is 0.562. The molecule has 2 unspecified atom stereocenters. The summed E-state index contributed by atoms with van der Waals surface area (Å²) in [5.74, 6) is 0. The summed E-state index contributed by atoms with van der Waals surface area (Å²) < 4.78 is 5.38. The van der Waals surface area contributed by atoms with E-state index >= 15 is 0 Å². The highest BCUT2D eigenvalue weighted by molar-refractivity contribution is 5.45. The molecule has 0 aliphatic heterocycles. The summed E-state index contributed by atoms with van der Waals surface area (Å²) in [5.41, 5.74) is 0.947. The van der Waals surface area contributed by atoms with E-state index < -0.39 is 17.1 Å². The van der Waals surface area contributed by atoms with Crippen LogP contribution in [0.2, 0.25) is 0 Å². The molecule has 0 spiro atoms. The highest BCUT2D eigenvalue weighted by Gasteiger charge is 2.46. The molecular weight excluding hydrogens is 238 g/mol. The van der Waals surface area contributed by atoms with Crippen molar-refractivity contribution < 1.29 is 9.84 Å². The van der Waals surface area contributed by atoms with Gasteiger partial charge in [-0.3, -0.25) is 0 Å². The molecule has 1 aromatic carbocycles. The van der Waals surface area contributed by atoms with Crippen LogP contribution in [0.3, 0.4) is 0 Å². The van der Waals surface area contributed by atoms with Crippen LogP contribution >= 0.6 is 0 Å². The van der Waals surface area contributed by atoms with E-state index in [2.05, 4.69) is 6.07 Å². The molecule has 0 heterocycles. The molecule has 0 aromatic heterocycles. The van der Waals surface area contributed by atoms with E-state index in [4.69, 9.17) is 4.74 Å². The first-order valence-electron chi connectivity index (χ1n) is 6.68. The second kappa shape index (κ2) is 4.96. The van der Waals surface area contributed by atoms with Crippen molar-refractivity contribution in [2.24, 2.45) is 0 Å². The summed E-state index contributed by atoms with van der Waals surface area (Å²) in [7, 11) is 1.63. The van der Waals surface area contributed by atoms with E-state index in [0.717, 1.165) is 12.0 Å². The van der Waals surface area contributed by atoms with Gasteiger partial charge in [0.05, 0.1) is 17.8 Å². The average molecular weight is 259 g/mol. The Morgan fingerprint density at radius 2 is 2.16 bits per heavy atom. The third-order valence-corrected chi connectivity index (χ3v) is 4.29. The number of nitrogens with zero attached hydrogens (tertiary/aromatic N) is 1. The Hall–Kier alpha value is -1.37. The van der Waals surface area contributed by atoms with Gasteiger partial charge >= 0.3 is 0 Å². The van der Waals surface area contributed by atoms with Gasteiger partial charge in [0.1, 0.15) is 5.41 Å². The monoisotopic (exact) mass is 259 g/mol. The van der Waals surface area contributed by atoms with Crippen molar-refractivity contribution in [3.63, 3.8) is 0 Å². The lowest BCUT2D eigenvalue weighted by atomic mass is 9.74. The van der Waals surface area contributed by atoms with Crippen LogP contribution in [0, 0.1) is 11.3 Å². The van der Waals surface area contributed by atoms with Crippen molar-refractivity contribution in [2.75, 3.05) is 7.11 Å². The molecule has 1 aliphatic carbocycles. The summed E-state index contributed by atoms with van der Waals surface area (Å²) in [6, 6.07) is 10.3. The van der Waals surface area contributed by atoms with Crippen LogP contribution < -0.4 is 0 Å². The molecule has 3 heteroatoms. The number of methoxy groups -OCH3 is 1. The maximum absolute atomic E-state index is 10.6. The lowest BCUT2D eigenvalue weighted by Gasteiger charge is -2.34. The van der Waals surface area contributed by atoms with Crippen LogP contribution in [-0.2, 0) is 16.6 Å². The molecule has 2 atom stereocenters. The Balaban J connectivity index is 2.34. The molecule has 1 N–H and O–H groups in total. The Morgan fingerprint density at radius 3 is 2.79 bits per heavy atom. The van der Waals surface area contributed by atoms with Crippen LogP contribution in [0.25, 0.3) is 0 Å². The standard InChI is InChI=1S/C16H21NO2/c1-15(2,19-3)10-14(18)16(11-17)9-8-12-6-4-5-7-13(12)16/h4-7,14,18H,8-10H2,1-3H3. The molecule has 0 bridgehead atoms. The Bertz CT molecular complexity index is 504. The zero-order valence-corrected chi connectivity index (χ0v) is 11.8. The second-order valence-electron chi connectivity index (χ2n) is 5.92. The lowest BCUT2D eigenvalue weighted by molar-refractivity contribution is -0.0337. The topological polar surface area (TPSA) is 53.2 Å². The quantitative estimate of drug-likeness (QED) is 0.904. The van der Waals surface area contributed by atoms with Crippen LogP contribution in [0.15, 0.2) is 24.3 Å². The fourth-order valence-corrected chi connectivity index (χ4v) is 2.90. The largest absolute Gasteiger partial charge is 0.391 e. The predicted octanol–water partition coefficient (Wildman–Crippen LogP) is 2.57. The summed E-state index contributed by atoms with van der Waals surface area (Å²) in [4.78, 5) is 0. The highest BCUT2D eigenvalue weighted by atomic mass is 16.5. The van der Waals surface area contributed by atoms with Gasteiger partial charge in [0.15, 0.2) is 0 Å². The molecule has 3 nitrogen and oxygen atoms in total. The zero-order valence-electron chi connectivity index (χ0n) is 11.8. The number of fused-ring (bicyclic) bond motifs is 1. The number of rotatable bonds is 4. The number of benzene rings is 1. The Labute approximate surface area is 114 Å². The van der Waals surface area contributed by atoms with Gasteiger partial charge in [-0.25, -0.2) is 0 Å². The normalized spacial score (nSPS) is 23.7. The van der Waals surface area contributed by atoms with Crippen molar-refractivity contribution in [3.05, 3.63) is 35.4 Å². The van der Waals surface area contributed by atoms with Gasteiger partial charge < -0.3 is 9.84 Å². The number of aliphatic hydroxyl groups excluding tert-OH is 1. The number of ether oxygens (including phenoxy) is 1. The van der Waals surface area contributed by atoms with Crippen LogP contribution in [0.5, 0.6) is 0 Å². The van der Waals surface area contributed by atoms with Crippen molar-refractivity contribution >= 4 is 0 Å². The number of hydrogen-bond acceptors (Lipinski definition) is 3. The molecule has 0 fully saturated rings. The smallest absolute Gasteiger partial charge is 0.109 e. The molecule has 102 valence electrons. The van der Waals surface area contributed by atoms with Crippen LogP contribution in [0.1, 0.15) is 37.8 Å². The van der Waals surface area contributed by atoms with Crippen LogP contribution in [-0.4, -0.2) is 23.9 Å². The molecule has 1 aliphatic rings. The molecule has 2 rings (SSSR count). The van der Waals surface area contributed by atoms with Crippen molar-refractivity contribution in [3.8, 4) is 6.07 Å². The SMILES string of the molecule is COC(C)(C)CC(O)C1(C#N)CCc2ccccc21. The molecule has 0 saturated carbocycles. The van der Waals surface area contributed by atoms with E-state index in [-0.39, 0.29) is 0 Å². The minimum Gasteiger partial charge on any atom is -0.391 e. The molecular formula is C16H21NO2. The molecule has 0 radical (unpaired) electrons. The number of hydrogen-bond donors (Lipinski definition) is 1. The average Bonchev–Trinajstić information content (AvgIpc) is 2.78. The third-order valence-electron chi connectivity index (χ3n) is 4.29. The van der Waals surface area contributed by atoms with E-state index in [9.17, 15) is 10.4 Å². The summed E-state index contributed by atoms with van der Waals surface area (Å²) in [6.07, 6.45) is 1.28. The highest BCUT2D eigenvalue weighted by Crippen LogP contribution is 2.43. The van der Waals surface area contributed by atoms with Crippen molar-refractivity contribution in [1.29, 1.82) is 5.26 Å². The van der Waals surface area contributed by atoms with Crippen LogP contribution in [0.4, 0.5) is 0 Å². The number of aryl methyl sites for hydroxylation is 1. The fourth-order valence-electron chi connectivity index (χ4n) is 2.90. The van der Waals surface area contributed by atoms with E-state index in [0.29, 0.717) is 12.8 Å². The first-order valence-corrected chi connectivity index (χ1v) is 6.68. The molecule has 0 saturated heterocycles. The van der Waals surface area contributed by atoms with Gasteiger partial charge in [0.2, 0.25) is 0 Å². The minimum atomic E-state index is -0.785. The van der Waals surface area contributed by atoms with Gasteiger partial charge in [-0.15, -0.1) is 0 Å². The maximum Gasteiger partial charge on any atom is 0.109 e. The summed E-state index contributed by atoms with van der Waals surface area (Å²) >= 11 is 0. The number of aliphatic hydroxyl groups is 1. The van der Waals surface area contributed by atoms with Gasteiger partial charge in [0.25, 0.3) is 0 Å². The Morgan fingerprint density at radius 1 is 1.47 bits per heavy atom. The van der Waals surface area contributed by atoms with Crippen molar-refractivity contribution in [1.82, 2.24) is 0 Å². The van der Waals surface area contributed by atoms with Crippen molar-refractivity contribution in [2.45, 2.75) is 50.2 Å². The van der Waals surface area contributed by atoms with E-state index in [1.54, 1.807) is 7.11 Å². The summed E-state index contributed by atoms with van der Waals surface area (Å²) in [6.45, 7) is 3.87. The summed E-state index contributed by atoms with van der Waals surface area (Å²) in [5, 5.41) is 20.3. The van der Waals surface area contributed by atoms with Gasteiger partial charge in [0, 0.05) is 13.5 Å². The first kappa shape index (κ1) is 14.0.